The van der Waals surface area contributed by atoms with Crippen molar-refractivity contribution in [1.29, 1.82) is 0 Å². The van der Waals surface area contributed by atoms with Crippen molar-refractivity contribution < 1.29 is 8.78 Å². The van der Waals surface area contributed by atoms with E-state index in [1.165, 1.54) is 23.3 Å². The number of hydrogen-bond donors (Lipinski definition) is 2. The lowest BCUT2D eigenvalue weighted by Gasteiger charge is -2.19. The van der Waals surface area contributed by atoms with E-state index in [-0.39, 0.29) is 6.04 Å². The molecule has 1 heterocycles. The zero-order valence-electron chi connectivity index (χ0n) is 11.7. The molecule has 0 fully saturated rings. The van der Waals surface area contributed by atoms with E-state index in [9.17, 15) is 8.78 Å². The molecule has 2 N–H and O–H groups in total. The maximum Gasteiger partial charge on any atom is 0.130 e. The molecule has 21 heavy (non-hydrogen) atoms. The van der Waals surface area contributed by atoms with E-state index < -0.39 is 11.6 Å². The van der Waals surface area contributed by atoms with Gasteiger partial charge in [-0.1, -0.05) is 30.3 Å². The molecule has 0 aromatic heterocycles. The second-order valence-electron chi connectivity index (χ2n) is 5.33. The van der Waals surface area contributed by atoms with Crippen molar-refractivity contribution in [3.05, 3.63) is 70.8 Å². The van der Waals surface area contributed by atoms with Gasteiger partial charge in [-0.15, -0.1) is 0 Å². The van der Waals surface area contributed by atoms with Crippen molar-refractivity contribution in [2.24, 2.45) is 0 Å². The van der Waals surface area contributed by atoms with E-state index in [1.807, 2.05) is 12.1 Å². The summed E-state index contributed by atoms with van der Waals surface area (Å²) in [4.78, 5) is 0. The third kappa shape index (κ3) is 3.28. The summed E-state index contributed by atoms with van der Waals surface area (Å²) in [5.74, 6) is -1.04. The molecule has 0 amide bonds. The van der Waals surface area contributed by atoms with Crippen LogP contribution >= 0.6 is 0 Å². The maximum atomic E-state index is 13.7. The third-order valence-electron chi connectivity index (χ3n) is 3.91. The van der Waals surface area contributed by atoms with Gasteiger partial charge in [0.1, 0.15) is 11.6 Å². The van der Waals surface area contributed by atoms with Gasteiger partial charge >= 0.3 is 0 Å². The maximum absolute atomic E-state index is 13.7. The minimum Gasteiger partial charge on any atom is -0.313 e. The largest absolute Gasteiger partial charge is 0.313 e. The lowest BCUT2D eigenvalue weighted by atomic mass is 9.99. The van der Waals surface area contributed by atoms with Crippen LogP contribution in [0.5, 0.6) is 0 Å². The third-order valence-corrected chi connectivity index (χ3v) is 3.91. The van der Waals surface area contributed by atoms with Crippen molar-refractivity contribution in [3.63, 3.8) is 0 Å². The molecule has 1 atom stereocenters. The molecule has 4 heteroatoms. The summed E-state index contributed by atoms with van der Waals surface area (Å²) in [5.41, 5.74) is 3.02. The number of halogens is 2. The summed E-state index contributed by atoms with van der Waals surface area (Å²) in [7, 11) is 0. The minimum absolute atomic E-state index is 0.181. The predicted octanol–water partition coefficient (Wildman–Crippen LogP) is 3.29. The molecule has 0 bridgehead atoms. The predicted molar refractivity (Wildman–Crippen MR) is 78.7 cm³/mol. The van der Waals surface area contributed by atoms with Gasteiger partial charge in [0.2, 0.25) is 0 Å². The first kappa shape index (κ1) is 14.2. The highest BCUT2D eigenvalue weighted by molar-refractivity contribution is 5.31. The van der Waals surface area contributed by atoms with Gasteiger partial charge in [0.15, 0.2) is 0 Å². The Labute approximate surface area is 123 Å². The van der Waals surface area contributed by atoms with Crippen molar-refractivity contribution in [2.45, 2.75) is 25.6 Å². The van der Waals surface area contributed by atoms with Gasteiger partial charge in [-0.3, -0.25) is 0 Å². The first-order valence-corrected chi connectivity index (χ1v) is 7.20. The van der Waals surface area contributed by atoms with Crippen LogP contribution in [0.1, 0.15) is 29.2 Å². The second-order valence-corrected chi connectivity index (χ2v) is 5.33. The van der Waals surface area contributed by atoms with E-state index in [0.717, 1.165) is 25.6 Å². The summed E-state index contributed by atoms with van der Waals surface area (Å²) >= 11 is 0. The van der Waals surface area contributed by atoms with Crippen LogP contribution in [-0.4, -0.2) is 6.54 Å². The van der Waals surface area contributed by atoms with Gasteiger partial charge in [0.25, 0.3) is 0 Å². The summed E-state index contributed by atoms with van der Waals surface area (Å²) in [6.07, 6.45) is 0.944. The van der Waals surface area contributed by atoms with Gasteiger partial charge in [-0.05, 0) is 30.2 Å². The molecule has 2 aromatic rings. The Morgan fingerprint density at radius 2 is 2.00 bits per heavy atom. The molecule has 0 aliphatic carbocycles. The molecule has 0 spiro atoms. The van der Waals surface area contributed by atoms with Crippen LogP contribution in [0.4, 0.5) is 8.78 Å². The lowest BCUT2D eigenvalue weighted by molar-refractivity contribution is 0.483. The van der Waals surface area contributed by atoms with Crippen LogP contribution in [0.15, 0.2) is 42.5 Å². The molecular weight excluding hydrogens is 270 g/mol. The van der Waals surface area contributed by atoms with E-state index in [4.69, 9.17) is 0 Å². The van der Waals surface area contributed by atoms with Crippen LogP contribution in [0.3, 0.4) is 0 Å². The van der Waals surface area contributed by atoms with Gasteiger partial charge in [0.05, 0.1) is 0 Å². The molecule has 1 unspecified atom stereocenters. The Morgan fingerprint density at radius 3 is 2.86 bits per heavy atom. The minimum atomic E-state index is -0.541. The summed E-state index contributed by atoms with van der Waals surface area (Å²) in [6.45, 7) is 2.17. The molecule has 1 aliphatic heterocycles. The standard InChI is InChI=1S/C17H18F2N2/c18-14-6-5-13(16(19)9-14)11-21-17-7-8-20-10-12-3-1-2-4-15(12)17/h1-6,9,17,20-21H,7-8,10-11H2. The van der Waals surface area contributed by atoms with Crippen molar-refractivity contribution >= 4 is 0 Å². The molecule has 2 aromatic carbocycles. The Kier molecular flexibility index (Phi) is 4.27. The van der Waals surface area contributed by atoms with Crippen LogP contribution in [0.2, 0.25) is 0 Å². The number of rotatable bonds is 3. The van der Waals surface area contributed by atoms with Gasteiger partial charge in [-0.2, -0.15) is 0 Å². The number of fused-ring (bicyclic) bond motifs is 1. The Hall–Kier alpha value is -1.78. The van der Waals surface area contributed by atoms with Crippen LogP contribution in [0.25, 0.3) is 0 Å². The summed E-state index contributed by atoms with van der Waals surface area (Å²) in [5, 5.41) is 6.78. The second kappa shape index (κ2) is 6.33. The quantitative estimate of drug-likeness (QED) is 0.905. The fraction of sp³-hybridized carbons (Fsp3) is 0.294. The average molecular weight is 288 g/mol. The summed E-state index contributed by atoms with van der Waals surface area (Å²) in [6, 6.07) is 12.2. The van der Waals surface area contributed by atoms with Crippen LogP contribution in [-0.2, 0) is 13.1 Å². The number of hydrogen-bond acceptors (Lipinski definition) is 2. The molecule has 0 radical (unpaired) electrons. The highest BCUT2D eigenvalue weighted by atomic mass is 19.1. The van der Waals surface area contributed by atoms with Crippen LogP contribution < -0.4 is 10.6 Å². The zero-order valence-corrected chi connectivity index (χ0v) is 11.7. The highest BCUT2D eigenvalue weighted by Gasteiger charge is 2.17. The fourth-order valence-corrected chi connectivity index (χ4v) is 2.77. The Morgan fingerprint density at radius 1 is 1.14 bits per heavy atom. The smallest absolute Gasteiger partial charge is 0.130 e. The molecule has 2 nitrogen and oxygen atoms in total. The fourth-order valence-electron chi connectivity index (χ4n) is 2.77. The molecule has 0 saturated heterocycles. The van der Waals surface area contributed by atoms with Crippen molar-refractivity contribution in [1.82, 2.24) is 10.6 Å². The zero-order chi connectivity index (χ0) is 14.7. The van der Waals surface area contributed by atoms with E-state index in [0.29, 0.717) is 12.1 Å². The van der Waals surface area contributed by atoms with Gasteiger partial charge < -0.3 is 10.6 Å². The monoisotopic (exact) mass is 288 g/mol. The normalized spacial score (nSPS) is 18.1. The highest BCUT2D eigenvalue weighted by Crippen LogP contribution is 2.24. The SMILES string of the molecule is Fc1ccc(CNC2CCNCc3ccccc32)c(F)c1. The topological polar surface area (TPSA) is 24.1 Å². The van der Waals surface area contributed by atoms with Crippen LogP contribution in [0, 0.1) is 11.6 Å². The molecule has 0 saturated carbocycles. The Balaban J connectivity index is 1.75. The van der Waals surface area contributed by atoms with Gasteiger partial charge in [-0.25, -0.2) is 8.78 Å². The molecule has 1 aliphatic rings. The average Bonchev–Trinajstić information content (AvgIpc) is 2.69. The van der Waals surface area contributed by atoms with Gasteiger partial charge in [0, 0.05) is 30.8 Å². The number of benzene rings is 2. The molecule has 3 rings (SSSR count). The first-order valence-electron chi connectivity index (χ1n) is 7.20. The van der Waals surface area contributed by atoms with E-state index >= 15 is 0 Å². The lowest BCUT2D eigenvalue weighted by Crippen LogP contribution is -2.23. The first-order chi connectivity index (χ1) is 10.2. The molecular formula is C17H18F2N2. The van der Waals surface area contributed by atoms with Crippen molar-refractivity contribution in [3.8, 4) is 0 Å². The summed E-state index contributed by atoms with van der Waals surface area (Å²) < 4.78 is 26.6. The van der Waals surface area contributed by atoms with E-state index in [2.05, 4.69) is 22.8 Å². The molecule has 110 valence electrons. The van der Waals surface area contributed by atoms with E-state index in [1.54, 1.807) is 0 Å². The Bertz CT molecular complexity index is 628. The number of nitrogens with one attached hydrogen (secondary N) is 2. The van der Waals surface area contributed by atoms with Crippen molar-refractivity contribution in [2.75, 3.05) is 6.54 Å².